The number of aromatic nitrogens is 3. The minimum absolute atomic E-state index is 0.266. The van der Waals surface area contributed by atoms with E-state index in [9.17, 15) is 0 Å². The quantitative estimate of drug-likeness (QED) is 0.567. The first-order valence-corrected chi connectivity index (χ1v) is 6.18. The fraction of sp³-hybridized carbons (Fsp3) is 0.0769. The van der Waals surface area contributed by atoms with Crippen molar-refractivity contribution in [3.05, 3.63) is 53.1 Å². The van der Waals surface area contributed by atoms with Gasteiger partial charge in [-0.25, -0.2) is 4.68 Å². The Morgan fingerprint density at radius 3 is 2.74 bits per heavy atom. The van der Waals surface area contributed by atoms with E-state index in [1.807, 2.05) is 36.4 Å². The Morgan fingerprint density at radius 2 is 2.00 bits per heavy atom. The van der Waals surface area contributed by atoms with Gasteiger partial charge in [-0.1, -0.05) is 30.3 Å². The van der Waals surface area contributed by atoms with Crippen LogP contribution >= 0.6 is 12.2 Å². The molecule has 0 aliphatic carbocycles. The van der Waals surface area contributed by atoms with Crippen LogP contribution in [0, 0.1) is 4.77 Å². The average molecular weight is 272 g/mol. The third-order valence-electron chi connectivity index (χ3n) is 2.87. The second-order valence-electron chi connectivity index (χ2n) is 4.11. The molecule has 0 saturated heterocycles. The molecule has 0 bridgehead atoms. The molecule has 1 heterocycles. The molecular formula is C13H12N4OS. The van der Waals surface area contributed by atoms with E-state index < -0.39 is 0 Å². The lowest BCUT2D eigenvalue weighted by Gasteiger charge is -2.06. The van der Waals surface area contributed by atoms with Crippen LogP contribution in [0.2, 0.25) is 0 Å². The van der Waals surface area contributed by atoms with Gasteiger partial charge in [0.25, 0.3) is 0 Å². The van der Waals surface area contributed by atoms with E-state index in [1.165, 1.54) is 10.1 Å². The molecule has 19 heavy (non-hydrogen) atoms. The van der Waals surface area contributed by atoms with Gasteiger partial charge in [0.05, 0.1) is 0 Å². The lowest BCUT2D eigenvalue weighted by Crippen LogP contribution is -2.14. The molecule has 3 aromatic rings. The molecule has 6 heteroatoms. The molecule has 2 aromatic carbocycles. The van der Waals surface area contributed by atoms with Gasteiger partial charge in [-0.3, -0.25) is 5.10 Å². The van der Waals surface area contributed by atoms with Gasteiger partial charge in [-0.2, -0.15) is 5.10 Å². The van der Waals surface area contributed by atoms with Gasteiger partial charge in [0.15, 0.2) is 5.82 Å². The Labute approximate surface area is 114 Å². The van der Waals surface area contributed by atoms with Crippen LogP contribution in [0.3, 0.4) is 0 Å². The molecule has 0 radical (unpaired) electrons. The zero-order chi connectivity index (χ0) is 13.2. The van der Waals surface area contributed by atoms with E-state index in [0.29, 0.717) is 10.6 Å². The first kappa shape index (κ1) is 11.7. The summed E-state index contributed by atoms with van der Waals surface area (Å²) >= 11 is 4.93. The first-order chi connectivity index (χ1) is 9.24. The van der Waals surface area contributed by atoms with E-state index in [1.54, 1.807) is 0 Å². The lowest BCUT2D eigenvalue weighted by molar-refractivity contribution is 0.292. The van der Waals surface area contributed by atoms with Crippen molar-refractivity contribution in [1.82, 2.24) is 14.9 Å². The van der Waals surface area contributed by atoms with Crippen molar-refractivity contribution in [3.8, 4) is 5.75 Å². The Bertz CT molecular complexity index is 777. The Morgan fingerprint density at radius 1 is 1.21 bits per heavy atom. The maximum Gasteiger partial charge on any atom is 0.214 e. The second-order valence-corrected chi connectivity index (χ2v) is 4.50. The summed E-state index contributed by atoms with van der Waals surface area (Å²) < 4.78 is 7.34. The van der Waals surface area contributed by atoms with Gasteiger partial charge in [0, 0.05) is 0 Å². The topological polar surface area (TPSA) is 68.9 Å². The second kappa shape index (κ2) is 4.74. The van der Waals surface area contributed by atoms with E-state index in [0.717, 1.165) is 11.1 Å². The summed E-state index contributed by atoms with van der Waals surface area (Å²) in [5, 5.41) is 8.91. The number of aromatic amines is 1. The molecule has 3 rings (SSSR count). The van der Waals surface area contributed by atoms with Crippen LogP contribution in [-0.4, -0.2) is 14.9 Å². The number of H-pyrrole nitrogens is 1. The third kappa shape index (κ3) is 2.30. The van der Waals surface area contributed by atoms with Gasteiger partial charge in [0.1, 0.15) is 12.4 Å². The molecule has 1 aromatic heterocycles. The summed E-state index contributed by atoms with van der Waals surface area (Å²) in [7, 11) is 0. The van der Waals surface area contributed by atoms with Crippen molar-refractivity contribution >= 4 is 23.0 Å². The van der Waals surface area contributed by atoms with Crippen molar-refractivity contribution in [1.29, 1.82) is 0 Å². The van der Waals surface area contributed by atoms with Crippen LogP contribution in [0.4, 0.5) is 0 Å². The predicted octanol–water partition coefficient (Wildman–Crippen LogP) is 2.39. The van der Waals surface area contributed by atoms with Crippen molar-refractivity contribution in [2.75, 3.05) is 5.84 Å². The fourth-order valence-corrected chi connectivity index (χ4v) is 2.00. The highest BCUT2D eigenvalue weighted by atomic mass is 32.1. The van der Waals surface area contributed by atoms with E-state index in [2.05, 4.69) is 16.3 Å². The summed E-state index contributed by atoms with van der Waals surface area (Å²) in [6, 6.07) is 14.0. The van der Waals surface area contributed by atoms with E-state index in [-0.39, 0.29) is 6.61 Å². The monoisotopic (exact) mass is 272 g/mol. The number of hydrogen-bond acceptors (Lipinski definition) is 4. The Hall–Kier alpha value is -2.34. The summed E-state index contributed by atoms with van der Waals surface area (Å²) in [4.78, 5) is 0. The zero-order valence-electron chi connectivity index (χ0n) is 10.0. The minimum atomic E-state index is 0.266. The minimum Gasteiger partial charge on any atom is -0.486 e. The van der Waals surface area contributed by atoms with Crippen molar-refractivity contribution in [2.24, 2.45) is 0 Å². The van der Waals surface area contributed by atoms with Crippen LogP contribution in [-0.2, 0) is 6.61 Å². The van der Waals surface area contributed by atoms with Gasteiger partial charge < -0.3 is 10.6 Å². The van der Waals surface area contributed by atoms with Crippen molar-refractivity contribution in [2.45, 2.75) is 6.61 Å². The molecule has 0 fully saturated rings. The molecular weight excluding hydrogens is 260 g/mol. The molecule has 0 unspecified atom stereocenters. The predicted molar refractivity (Wildman–Crippen MR) is 75.8 cm³/mol. The number of nitrogens with one attached hydrogen (secondary N) is 1. The Kier molecular flexibility index (Phi) is 2.92. The Balaban J connectivity index is 1.82. The smallest absolute Gasteiger partial charge is 0.214 e. The normalized spacial score (nSPS) is 10.7. The third-order valence-corrected chi connectivity index (χ3v) is 3.15. The maximum atomic E-state index is 5.70. The SMILES string of the molecule is Nn1c(COc2ccc3ccccc3c2)n[nH]c1=S. The molecule has 0 aliphatic rings. The van der Waals surface area contributed by atoms with E-state index >= 15 is 0 Å². The van der Waals surface area contributed by atoms with E-state index in [4.69, 9.17) is 22.8 Å². The highest BCUT2D eigenvalue weighted by molar-refractivity contribution is 7.71. The summed E-state index contributed by atoms with van der Waals surface area (Å²) in [5.74, 6) is 7.02. The average Bonchev–Trinajstić information content (AvgIpc) is 2.76. The molecule has 96 valence electrons. The molecule has 0 aliphatic heterocycles. The highest BCUT2D eigenvalue weighted by Gasteiger charge is 2.04. The molecule has 0 saturated carbocycles. The number of nitrogens with two attached hydrogens (primary N) is 1. The molecule has 3 N–H and O–H groups in total. The first-order valence-electron chi connectivity index (χ1n) is 5.77. The van der Waals surface area contributed by atoms with Crippen LogP contribution in [0.5, 0.6) is 5.75 Å². The van der Waals surface area contributed by atoms with Crippen LogP contribution in [0.25, 0.3) is 10.8 Å². The number of ether oxygens (including phenoxy) is 1. The largest absolute Gasteiger partial charge is 0.486 e. The summed E-state index contributed by atoms with van der Waals surface area (Å²) in [6.45, 7) is 0.266. The molecule has 0 amide bonds. The number of nitrogens with zero attached hydrogens (tertiary/aromatic N) is 2. The lowest BCUT2D eigenvalue weighted by atomic mass is 10.1. The summed E-state index contributed by atoms with van der Waals surface area (Å²) in [5.41, 5.74) is 0. The number of hydrogen-bond donors (Lipinski definition) is 2. The van der Waals surface area contributed by atoms with Gasteiger partial charge in [0.2, 0.25) is 4.77 Å². The van der Waals surface area contributed by atoms with Gasteiger partial charge in [-0.05, 0) is 35.1 Å². The maximum absolute atomic E-state index is 5.70. The highest BCUT2D eigenvalue weighted by Crippen LogP contribution is 2.21. The standard InChI is InChI=1S/C13H12N4OS/c14-17-12(15-16-13(17)19)8-18-11-6-5-9-3-1-2-4-10(9)7-11/h1-7H,8,14H2,(H,16,19). The van der Waals surface area contributed by atoms with Crippen LogP contribution in [0.15, 0.2) is 42.5 Å². The fourth-order valence-electron chi connectivity index (χ4n) is 1.84. The van der Waals surface area contributed by atoms with Crippen LogP contribution in [0.1, 0.15) is 5.82 Å². The molecule has 0 atom stereocenters. The zero-order valence-corrected chi connectivity index (χ0v) is 10.9. The van der Waals surface area contributed by atoms with Crippen molar-refractivity contribution < 1.29 is 4.74 Å². The number of benzene rings is 2. The molecule has 0 spiro atoms. The molecule has 5 nitrogen and oxygen atoms in total. The summed E-state index contributed by atoms with van der Waals surface area (Å²) in [6.07, 6.45) is 0. The number of nitrogen functional groups attached to an aromatic ring is 1. The number of fused-ring (bicyclic) bond motifs is 1. The van der Waals surface area contributed by atoms with Gasteiger partial charge in [-0.15, -0.1) is 0 Å². The van der Waals surface area contributed by atoms with Crippen LogP contribution < -0.4 is 10.6 Å². The van der Waals surface area contributed by atoms with Gasteiger partial charge >= 0.3 is 0 Å². The number of rotatable bonds is 3. The van der Waals surface area contributed by atoms with Crippen molar-refractivity contribution in [3.63, 3.8) is 0 Å².